The van der Waals surface area contributed by atoms with Crippen LogP contribution in [-0.2, 0) is 70.2 Å². The quantitative estimate of drug-likeness (QED) is 0.0500. The molecule has 20 rings (SSSR count). The highest BCUT2D eigenvalue weighted by molar-refractivity contribution is 6.00. The number of carbonyl (C=O) groups is 8. The summed E-state index contributed by atoms with van der Waals surface area (Å²) in [5.74, 6) is 1.58. The minimum Gasteiger partial charge on any atom is -0.496 e. The molecule has 786 valence electrons. The van der Waals surface area contributed by atoms with Gasteiger partial charge in [0.15, 0.2) is 0 Å². The van der Waals surface area contributed by atoms with E-state index >= 15 is 0 Å². The van der Waals surface area contributed by atoms with Gasteiger partial charge in [-0.1, -0.05) is 93.8 Å². The number of amides is 4. The smallest absolute Gasteiger partial charge is 0.414 e. The number of aromatic nitrogens is 8. The second kappa shape index (κ2) is 46.2. The largest absolute Gasteiger partial charge is 0.496 e. The Morgan fingerprint density at radius 2 is 0.662 bits per heavy atom. The number of imidazole rings is 4. The lowest BCUT2D eigenvalue weighted by atomic mass is 9.83. The van der Waals surface area contributed by atoms with Crippen LogP contribution in [0.4, 0.5) is 59.5 Å². The molecule has 148 heavy (non-hydrogen) atoms. The van der Waals surface area contributed by atoms with Crippen LogP contribution in [0.3, 0.4) is 0 Å². The Morgan fingerprint density at radius 3 is 0.980 bits per heavy atom. The molecule has 29 nitrogen and oxygen atoms in total. The van der Waals surface area contributed by atoms with Gasteiger partial charge in [0.05, 0.1) is 102 Å². The Balaban J connectivity index is 0.000000141. The molecule has 4 amide bonds. The summed E-state index contributed by atoms with van der Waals surface area (Å²) in [4.78, 5) is 126. The van der Waals surface area contributed by atoms with E-state index in [1.165, 1.54) is 59.3 Å². The van der Waals surface area contributed by atoms with Crippen molar-refractivity contribution in [1.82, 2.24) is 38.2 Å². The topological polar surface area (TPSA) is 337 Å². The van der Waals surface area contributed by atoms with Crippen molar-refractivity contribution in [2.75, 3.05) is 55.1 Å². The van der Waals surface area contributed by atoms with E-state index in [1.807, 2.05) is 103 Å². The highest BCUT2D eigenvalue weighted by Crippen LogP contribution is 2.51. The van der Waals surface area contributed by atoms with Crippen LogP contribution >= 0.6 is 0 Å². The van der Waals surface area contributed by atoms with Gasteiger partial charge in [-0.05, 0) is 280 Å². The standard InChI is InChI=1S/C29H32F3N3O5.C29H34FN3O5.C28H33N3O4.C28H33N3O3.CH4/c1-15-7-9-20-22(34(15)29(38)39-3)10-11-23-25(20)33-27(35(23)19-6-4-5-17(13-19)16(2)36)26(37)21-14-18(30)8-12-24(21)40-28(31)32;1-16-8-10-21-23(32(16)29(36)38-4)11-12-24-26(21)31-28(27(35)22-15-19(30)9-13-25(22)37-3)33(24)20-7-5-6-18(14-20)17(2)34;1-17-12-13-22-23(30(17)28(34)35-3)14-15-24-25(22)29-27(26(33)19-8-5-4-6-9-19)31(24)21-11-7-10-20(16-21)18(2)32;1-18-12-13-23-24(30(18)28(33)34-3)14-15-25-27(23)29-26(16-20-8-5-4-6-9-20)31(25)22-11-7-10-21(17-22)19(2)32;/h8,10-12,14-15,17,19,26,28,37H,4-7,9,13H2,1-3H3;9,11-13,15-16,18,20,27,35H,5-8,10,14H2,1-4H3;4-6,8-9,14-15,17,20-21,26,33H,7,10-13,16H2,1-3H3;4-6,8-9,14-15,18,21-22H,7,10-13,16-17H2,1-3H3;1H4/t15-,17+,19+,26+;16-,18+,20+,27+;17-,20+,21+,26+;18-,21+,22+;/m0000./s1. The molecular formula is C115H136F4N12O17. The minimum atomic E-state index is -3.18. The highest BCUT2D eigenvalue weighted by Gasteiger charge is 2.43. The third-order valence-corrected chi connectivity index (χ3v) is 31.8. The number of hydrogen-bond acceptors (Lipinski definition) is 21. The number of nitrogens with zero attached hydrogens (tertiary/aromatic N) is 12. The summed E-state index contributed by atoms with van der Waals surface area (Å²) >= 11 is 0. The van der Waals surface area contributed by atoms with Crippen molar-refractivity contribution >= 4 is 114 Å². The van der Waals surface area contributed by atoms with E-state index in [4.69, 9.17) is 43.6 Å². The Hall–Kier alpha value is -13.4. The molecule has 8 aromatic carbocycles. The van der Waals surface area contributed by atoms with E-state index in [0.717, 1.165) is 218 Å². The molecule has 4 saturated carbocycles. The Bertz CT molecular complexity index is 6920. The van der Waals surface area contributed by atoms with Gasteiger partial charge in [-0.3, -0.25) is 38.8 Å². The van der Waals surface area contributed by atoms with Gasteiger partial charge in [-0.15, -0.1) is 0 Å². The van der Waals surface area contributed by atoms with Crippen molar-refractivity contribution in [3.8, 4) is 11.5 Å². The zero-order chi connectivity index (χ0) is 104. The maximum absolute atomic E-state index is 14.3. The molecular weight excluding hydrogens is 1900 g/mol. The summed E-state index contributed by atoms with van der Waals surface area (Å²) in [5, 5.41) is 34.7. The summed E-state index contributed by atoms with van der Waals surface area (Å²) < 4.78 is 93.7. The number of aryl methyl sites for hydroxylation is 4. The molecule has 4 fully saturated rings. The van der Waals surface area contributed by atoms with E-state index in [-0.39, 0.29) is 132 Å². The Kier molecular flexibility index (Phi) is 33.5. The Morgan fingerprint density at radius 1 is 0.365 bits per heavy atom. The number of aliphatic hydroxyl groups is 3. The third-order valence-electron chi connectivity index (χ3n) is 31.8. The van der Waals surface area contributed by atoms with Crippen molar-refractivity contribution in [3.63, 3.8) is 0 Å². The lowest BCUT2D eigenvalue weighted by molar-refractivity contribution is -0.122. The predicted octanol–water partition coefficient (Wildman–Crippen LogP) is 23.4. The van der Waals surface area contributed by atoms with Crippen molar-refractivity contribution < 1.29 is 99.7 Å². The van der Waals surface area contributed by atoms with Crippen LogP contribution in [0.25, 0.3) is 44.1 Å². The number of fused-ring (bicyclic) bond motifs is 12. The van der Waals surface area contributed by atoms with Crippen LogP contribution < -0.4 is 29.1 Å². The van der Waals surface area contributed by atoms with Crippen LogP contribution in [0, 0.1) is 35.3 Å². The second-order valence-electron chi connectivity index (χ2n) is 40.8. The normalized spacial score (nSPS) is 22.2. The summed E-state index contributed by atoms with van der Waals surface area (Å²) in [5.41, 5.74) is 15.6. The number of methoxy groups -OCH3 is 5. The molecule has 0 bridgehead atoms. The third kappa shape index (κ3) is 21.5. The van der Waals surface area contributed by atoms with Crippen LogP contribution in [-0.4, -0.2) is 167 Å². The SMILES string of the molecule is C.COC(=O)N1c2ccc3c(nc(Cc4ccccc4)n3[C@@H]3CCC[C@@H](C(C)=O)C3)c2CC[C@@H]1C.COC(=O)N1c2ccc3c(nc([C@H](O)c4cc(F)ccc4OC(F)F)n3[C@@H]3CCC[C@@H](C(C)=O)C3)c2CC[C@@H]1C.COC(=O)N1c2ccc3c(nc([C@H](O)c4cc(F)ccc4OC)n3[C@@H]3CCC[C@@H](C(C)=O)C3)c2CC[C@@H]1C.COC(=O)N1c2ccc3c(nc([C@H](O)c4ccccc4)n3[C@@H]3CCC[C@@H](C(C)=O)C3)c2CC[C@@H]1C. The molecule has 0 radical (unpaired) electrons. The van der Waals surface area contributed by atoms with Gasteiger partial charge in [0.2, 0.25) is 0 Å². The van der Waals surface area contributed by atoms with Crippen LogP contribution in [0.1, 0.15) is 302 Å². The summed E-state index contributed by atoms with van der Waals surface area (Å²) in [6.07, 6.45) is 14.9. The number of alkyl halides is 2. The summed E-state index contributed by atoms with van der Waals surface area (Å²) in [6, 6.07) is 42.7. The number of halogens is 4. The molecule has 4 aliphatic heterocycles. The lowest BCUT2D eigenvalue weighted by Gasteiger charge is -2.34. The zero-order valence-electron chi connectivity index (χ0n) is 85.7. The first-order chi connectivity index (χ1) is 70.7. The van der Waals surface area contributed by atoms with Crippen LogP contribution in [0.2, 0.25) is 0 Å². The molecule has 0 unspecified atom stereocenters. The number of benzene rings is 8. The number of carbonyl (C=O) groups excluding carboxylic acids is 8. The number of ether oxygens (including phenoxy) is 6. The van der Waals surface area contributed by atoms with Gasteiger partial charge < -0.3 is 62.0 Å². The number of rotatable bonds is 19. The van der Waals surface area contributed by atoms with Gasteiger partial charge in [0.25, 0.3) is 0 Å². The minimum absolute atomic E-state index is 0. The van der Waals surface area contributed by atoms with Crippen LogP contribution in [0.5, 0.6) is 11.5 Å². The van der Waals surface area contributed by atoms with Crippen molar-refractivity contribution in [3.05, 3.63) is 225 Å². The zero-order valence-corrected chi connectivity index (χ0v) is 85.7. The molecule has 0 spiro atoms. The van der Waals surface area contributed by atoms with Gasteiger partial charge in [-0.25, -0.2) is 47.9 Å². The fourth-order valence-corrected chi connectivity index (χ4v) is 24.2. The van der Waals surface area contributed by atoms with E-state index in [2.05, 4.69) is 57.2 Å². The average Bonchev–Trinajstić information content (AvgIpc) is 1.60. The first-order valence-electron chi connectivity index (χ1n) is 51.6. The second-order valence-corrected chi connectivity index (χ2v) is 40.8. The van der Waals surface area contributed by atoms with Gasteiger partial charge in [-0.2, -0.15) is 8.78 Å². The molecule has 3 N–H and O–H groups in total. The molecule has 0 saturated heterocycles. The van der Waals surface area contributed by atoms with Gasteiger partial charge >= 0.3 is 31.0 Å². The highest BCUT2D eigenvalue weighted by atomic mass is 19.3. The maximum Gasteiger partial charge on any atom is 0.414 e. The first kappa shape index (κ1) is 107. The predicted molar refractivity (Wildman–Crippen MR) is 557 cm³/mol. The molecule has 8 heterocycles. The lowest BCUT2D eigenvalue weighted by Crippen LogP contribution is -2.42. The molecule has 33 heteroatoms. The van der Waals surface area contributed by atoms with Crippen molar-refractivity contribution in [2.45, 2.75) is 297 Å². The van der Waals surface area contributed by atoms with E-state index < -0.39 is 48.7 Å². The fraction of sp³-hybridized carbons (Fsp3) is 0.478. The summed E-state index contributed by atoms with van der Waals surface area (Å²) in [7, 11) is 7.00. The summed E-state index contributed by atoms with van der Waals surface area (Å²) in [6.45, 7) is 11.4. The Labute approximate surface area is 859 Å². The van der Waals surface area contributed by atoms with Gasteiger partial charge in [0.1, 0.15) is 87.9 Å². The molecule has 8 aliphatic rings. The molecule has 12 aromatic rings. The molecule has 4 aromatic heterocycles. The number of ketones is 4. The van der Waals surface area contributed by atoms with Crippen molar-refractivity contribution in [2.24, 2.45) is 23.7 Å². The molecule has 4 aliphatic carbocycles. The first-order valence-corrected chi connectivity index (χ1v) is 51.6. The fourth-order valence-electron chi connectivity index (χ4n) is 24.2. The van der Waals surface area contributed by atoms with Crippen LogP contribution in [0.15, 0.2) is 146 Å². The van der Waals surface area contributed by atoms with E-state index in [0.29, 0.717) is 83.9 Å². The average molecular weight is 2030 g/mol. The van der Waals surface area contributed by atoms with Crippen molar-refractivity contribution in [1.29, 1.82) is 0 Å². The monoisotopic (exact) mass is 2030 g/mol. The number of anilines is 4. The maximum atomic E-state index is 14.3. The van der Waals surface area contributed by atoms with Gasteiger partial charge in [0, 0.05) is 112 Å². The van der Waals surface area contributed by atoms with E-state index in [9.17, 15) is 71.2 Å². The number of aliphatic hydroxyl groups excluding tert-OH is 3. The van der Waals surface area contributed by atoms with E-state index in [1.54, 1.807) is 47.3 Å². The number of Topliss-reactive ketones (excluding diaryl/α,β-unsaturated/α-hetero) is 4. The number of hydrogen-bond donors (Lipinski definition) is 3. The molecule has 15 atom stereocenters.